The summed E-state index contributed by atoms with van der Waals surface area (Å²) in [7, 11) is 1.66. The predicted molar refractivity (Wildman–Crippen MR) is 136 cm³/mol. The summed E-state index contributed by atoms with van der Waals surface area (Å²) in [6, 6.07) is 9.12. The highest BCUT2D eigenvalue weighted by Crippen LogP contribution is 2.39. The van der Waals surface area contributed by atoms with Crippen molar-refractivity contribution in [3.63, 3.8) is 0 Å². The Bertz CT molecular complexity index is 1100. The van der Waals surface area contributed by atoms with Crippen molar-refractivity contribution >= 4 is 32.8 Å². The molecule has 0 aliphatic carbocycles. The minimum Gasteiger partial charge on any atom is -0.403 e. The molecule has 3 aromatic rings. The van der Waals surface area contributed by atoms with Crippen molar-refractivity contribution in [2.75, 3.05) is 38.5 Å². The van der Waals surface area contributed by atoms with Crippen molar-refractivity contribution in [1.82, 2.24) is 15.6 Å². The number of benzene rings is 1. The first-order valence-corrected chi connectivity index (χ1v) is 11.3. The number of hydrogen-bond acceptors (Lipinski definition) is 8. The average Bonchev–Trinajstić information content (AvgIpc) is 3.25. The van der Waals surface area contributed by atoms with Crippen molar-refractivity contribution in [2.45, 2.75) is 6.92 Å². The minimum absolute atomic E-state index is 0.169. The Balaban J connectivity index is 0.000000479. The Kier molecular flexibility index (Phi) is 10.5. The number of hydrogen-bond donors (Lipinski definition) is 6. The Morgan fingerprint density at radius 2 is 2.00 bits per heavy atom. The molecule has 9 N–H and O–H groups in total. The number of nitrogens with one attached hydrogen (secondary N) is 3. The Labute approximate surface area is 196 Å². The minimum atomic E-state index is -0.541. The highest BCUT2D eigenvalue weighted by atomic mass is 32.1. The molecule has 2 heterocycles. The third-order valence-corrected chi connectivity index (χ3v) is 5.72. The molecule has 0 aliphatic heterocycles. The molecular formula is C23H31F2N7S. The molecule has 0 amide bonds. The van der Waals surface area contributed by atoms with Crippen molar-refractivity contribution in [3.8, 4) is 11.1 Å². The fourth-order valence-corrected chi connectivity index (χ4v) is 4.37. The van der Waals surface area contributed by atoms with E-state index >= 15 is 0 Å². The fraction of sp³-hybridized carbons (Fsp3) is 0.261. The lowest BCUT2D eigenvalue weighted by Crippen LogP contribution is -2.17. The summed E-state index contributed by atoms with van der Waals surface area (Å²) in [5.74, 6) is -0.940. The molecule has 0 spiro atoms. The topological polar surface area (TPSA) is 127 Å². The van der Waals surface area contributed by atoms with Crippen LogP contribution in [0.25, 0.3) is 26.9 Å². The average molecular weight is 476 g/mol. The number of thiophene rings is 1. The summed E-state index contributed by atoms with van der Waals surface area (Å²) in [5.41, 5.74) is 18.3. The molecule has 0 radical (unpaired) electrons. The first kappa shape index (κ1) is 26.0. The van der Waals surface area contributed by atoms with E-state index in [1.165, 1.54) is 29.8 Å². The van der Waals surface area contributed by atoms with Crippen molar-refractivity contribution in [3.05, 3.63) is 65.6 Å². The number of halogens is 2. The van der Waals surface area contributed by atoms with E-state index < -0.39 is 11.8 Å². The molecular weight excluding hydrogens is 444 g/mol. The van der Waals surface area contributed by atoms with E-state index in [1.807, 2.05) is 31.2 Å². The van der Waals surface area contributed by atoms with E-state index in [0.29, 0.717) is 18.8 Å². The van der Waals surface area contributed by atoms with Gasteiger partial charge in [-0.1, -0.05) is 18.2 Å². The van der Waals surface area contributed by atoms with Gasteiger partial charge in [-0.15, -0.1) is 11.3 Å². The molecule has 0 atom stereocenters. The van der Waals surface area contributed by atoms with Gasteiger partial charge in [0, 0.05) is 67.5 Å². The van der Waals surface area contributed by atoms with Crippen LogP contribution in [0.1, 0.15) is 11.8 Å². The number of nitrogens with zero attached hydrogens (tertiary/aromatic N) is 1. The van der Waals surface area contributed by atoms with Gasteiger partial charge in [-0.2, -0.15) is 4.39 Å². The standard InChI is InChI=1S/C19H20F2N4S.C4H11N3/c1-3-24-15-10-25-17(21)8-13(15)12-6-4-5-11-7-16(26-19(11)12)18(23-2)14(20)9-22;5-1-3-7-4-2-6/h4-8,10,23-24H,3,9,22H2,1-2H3;1,3,7H,2,4-6H2/b18-14+;3-1-. The summed E-state index contributed by atoms with van der Waals surface area (Å²) in [6.07, 6.45) is 4.59. The first-order chi connectivity index (χ1) is 16.0. The molecule has 178 valence electrons. The molecule has 0 saturated heterocycles. The van der Waals surface area contributed by atoms with E-state index in [2.05, 4.69) is 20.9 Å². The van der Waals surface area contributed by atoms with Gasteiger partial charge >= 0.3 is 0 Å². The van der Waals surface area contributed by atoms with Crippen molar-refractivity contribution in [1.29, 1.82) is 0 Å². The maximum atomic E-state index is 14.1. The van der Waals surface area contributed by atoms with Gasteiger partial charge in [0.2, 0.25) is 5.95 Å². The lowest BCUT2D eigenvalue weighted by molar-refractivity contribution is 0.584. The molecule has 3 rings (SSSR count). The smallest absolute Gasteiger partial charge is 0.213 e. The largest absolute Gasteiger partial charge is 0.403 e. The molecule has 10 heteroatoms. The molecule has 1 aromatic carbocycles. The maximum Gasteiger partial charge on any atom is 0.213 e. The summed E-state index contributed by atoms with van der Waals surface area (Å²) in [5, 5.41) is 9.91. The summed E-state index contributed by atoms with van der Waals surface area (Å²) >= 11 is 1.44. The number of aromatic nitrogens is 1. The second-order valence-electron chi connectivity index (χ2n) is 6.75. The van der Waals surface area contributed by atoms with E-state index in [9.17, 15) is 8.78 Å². The number of rotatable bonds is 9. The summed E-state index contributed by atoms with van der Waals surface area (Å²) in [4.78, 5) is 4.49. The summed E-state index contributed by atoms with van der Waals surface area (Å²) < 4.78 is 28.8. The van der Waals surface area contributed by atoms with E-state index in [0.717, 1.165) is 38.3 Å². The van der Waals surface area contributed by atoms with Gasteiger partial charge in [-0.05, 0) is 18.4 Å². The SMILES string of the molecule is CCNc1cnc(F)cc1-c1cccc2cc(/C(NC)=C(\F)CN)sc12.N/C=C\NCCN. The zero-order valence-electron chi connectivity index (χ0n) is 18.8. The molecule has 0 fully saturated rings. The van der Waals surface area contributed by atoms with Gasteiger partial charge in [0.1, 0.15) is 5.83 Å². The third-order valence-electron chi connectivity index (χ3n) is 4.52. The monoisotopic (exact) mass is 475 g/mol. The first-order valence-electron chi connectivity index (χ1n) is 10.5. The number of nitrogens with two attached hydrogens (primary N) is 3. The summed E-state index contributed by atoms with van der Waals surface area (Å²) in [6.45, 7) is 3.92. The van der Waals surface area contributed by atoms with Gasteiger partial charge in [0.25, 0.3) is 0 Å². The van der Waals surface area contributed by atoms with Crippen molar-refractivity contribution in [2.24, 2.45) is 17.2 Å². The normalized spacial score (nSPS) is 11.7. The second-order valence-corrected chi connectivity index (χ2v) is 7.81. The van der Waals surface area contributed by atoms with Crippen LogP contribution in [-0.4, -0.2) is 38.2 Å². The molecule has 0 bridgehead atoms. The van der Waals surface area contributed by atoms with Crippen LogP contribution < -0.4 is 33.2 Å². The van der Waals surface area contributed by atoms with Gasteiger partial charge in [-0.3, -0.25) is 0 Å². The second kappa shape index (κ2) is 13.4. The number of anilines is 1. The lowest BCUT2D eigenvalue weighted by Gasteiger charge is -2.11. The molecule has 0 unspecified atom stereocenters. The number of pyridine rings is 1. The van der Waals surface area contributed by atoms with Gasteiger partial charge in [0.15, 0.2) is 0 Å². The van der Waals surface area contributed by atoms with E-state index in [4.69, 9.17) is 17.2 Å². The molecule has 33 heavy (non-hydrogen) atoms. The van der Waals surface area contributed by atoms with Gasteiger partial charge < -0.3 is 33.2 Å². The van der Waals surface area contributed by atoms with E-state index in [-0.39, 0.29) is 6.54 Å². The quantitative estimate of drug-likeness (QED) is 0.207. The van der Waals surface area contributed by atoms with Crippen LogP contribution >= 0.6 is 11.3 Å². The Morgan fingerprint density at radius 3 is 2.64 bits per heavy atom. The molecule has 0 saturated carbocycles. The van der Waals surface area contributed by atoms with Gasteiger partial charge in [-0.25, -0.2) is 9.37 Å². The number of fused-ring (bicyclic) bond motifs is 1. The molecule has 2 aromatic heterocycles. The van der Waals surface area contributed by atoms with Gasteiger partial charge in [0.05, 0.1) is 22.5 Å². The van der Waals surface area contributed by atoms with Crippen LogP contribution in [-0.2, 0) is 0 Å². The molecule has 7 nitrogen and oxygen atoms in total. The lowest BCUT2D eigenvalue weighted by atomic mass is 10.0. The van der Waals surface area contributed by atoms with Crippen LogP contribution in [0.3, 0.4) is 0 Å². The van der Waals surface area contributed by atoms with Crippen LogP contribution in [0, 0.1) is 5.95 Å². The highest BCUT2D eigenvalue weighted by molar-refractivity contribution is 7.20. The Morgan fingerprint density at radius 1 is 1.21 bits per heavy atom. The van der Waals surface area contributed by atoms with Crippen LogP contribution in [0.2, 0.25) is 0 Å². The predicted octanol–water partition coefficient (Wildman–Crippen LogP) is 3.32. The highest BCUT2D eigenvalue weighted by Gasteiger charge is 2.16. The third kappa shape index (κ3) is 6.88. The van der Waals surface area contributed by atoms with Crippen molar-refractivity contribution < 1.29 is 8.78 Å². The Hall–Kier alpha value is -3.21. The zero-order valence-corrected chi connectivity index (χ0v) is 19.6. The van der Waals surface area contributed by atoms with Crippen LogP contribution in [0.4, 0.5) is 14.5 Å². The maximum absolute atomic E-state index is 14.1. The van der Waals surface area contributed by atoms with Crippen LogP contribution in [0.15, 0.2) is 54.8 Å². The van der Waals surface area contributed by atoms with E-state index in [1.54, 1.807) is 13.2 Å². The molecule has 0 aliphatic rings. The fourth-order valence-electron chi connectivity index (χ4n) is 3.11. The van der Waals surface area contributed by atoms with Crippen LogP contribution in [0.5, 0.6) is 0 Å². The zero-order chi connectivity index (χ0) is 24.2.